The number of halogens is 1. The Labute approximate surface area is 167 Å². The molecule has 0 spiro atoms. The van der Waals surface area contributed by atoms with Gasteiger partial charge < -0.3 is 10.1 Å². The first-order chi connectivity index (χ1) is 12.8. The van der Waals surface area contributed by atoms with Crippen LogP contribution in [-0.2, 0) is 16.4 Å². The molecule has 0 saturated carbocycles. The van der Waals surface area contributed by atoms with Crippen molar-refractivity contribution in [1.82, 2.24) is 5.32 Å². The zero-order valence-corrected chi connectivity index (χ0v) is 17.6. The maximum atomic E-state index is 11.5. The number of nitrogens with one attached hydrogen (secondary N) is 1. The van der Waals surface area contributed by atoms with Crippen LogP contribution in [0.5, 0.6) is 5.75 Å². The number of sulfonamides is 1. The highest BCUT2D eigenvalue weighted by atomic mass is 35.5. The molecule has 2 rings (SSSR count). The Morgan fingerprint density at radius 1 is 1.19 bits per heavy atom. The van der Waals surface area contributed by atoms with Crippen LogP contribution in [0.1, 0.15) is 12.5 Å². The molecule has 0 fully saturated rings. The molecule has 2 aromatic carbocycles. The molecule has 0 aliphatic rings. The Hall–Kier alpha value is -1.76. The molecule has 0 aliphatic carbocycles. The number of hydrogen-bond acceptors (Lipinski definition) is 4. The number of anilines is 1. The Bertz CT molecular complexity index is 825. The smallest absolute Gasteiger partial charge is 0.231 e. The van der Waals surface area contributed by atoms with Gasteiger partial charge in [-0.15, -0.1) is 0 Å². The third kappa shape index (κ3) is 7.40. The van der Waals surface area contributed by atoms with Gasteiger partial charge in [-0.05, 0) is 54.9 Å². The molecule has 0 aliphatic heterocycles. The van der Waals surface area contributed by atoms with E-state index in [1.165, 1.54) is 23.2 Å². The molecule has 7 heteroatoms. The van der Waals surface area contributed by atoms with E-state index in [1.807, 2.05) is 18.2 Å². The lowest BCUT2D eigenvalue weighted by molar-refractivity contribution is 0.256. The van der Waals surface area contributed by atoms with Gasteiger partial charge in [-0.2, -0.15) is 0 Å². The van der Waals surface area contributed by atoms with Crippen LogP contribution in [0.2, 0.25) is 5.02 Å². The van der Waals surface area contributed by atoms with Gasteiger partial charge in [0.1, 0.15) is 5.75 Å². The second kappa shape index (κ2) is 9.97. The van der Waals surface area contributed by atoms with Gasteiger partial charge in [-0.1, -0.05) is 30.7 Å². The Morgan fingerprint density at radius 3 is 2.52 bits per heavy atom. The summed E-state index contributed by atoms with van der Waals surface area (Å²) in [6.07, 6.45) is 2.11. The number of rotatable bonds is 10. The monoisotopic (exact) mass is 410 g/mol. The van der Waals surface area contributed by atoms with Crippen molar-refractivity contribution in [3.05, 3.63) is 59.1 Å². The van der Waals surface area contributed by atoms with Crippen molar-refractivity contribution in [3.8, 4) is 5.75 Å². The van der Waals surface area contributed by atoms with Crippen LogP contribution in [-0.4, -0.2) is 41.4 Å². The molecule has 0 heterocycles. The normalized spacial score (nSPS) is 12.6. The molecule has 0 radical (unpaired) electrons. The first-order valence-electron chi connectivity index (χ1n) is 8.87. The van der Waals surface area contributed by atoms with Gasteiger partial charge in [0.15, 0.2) is 0 Å². The third-order valence-electron chi connectivity index (χ3n) is 4.20. The standard InChI is InChI=1S/C20H27ClN2O3S/c1-16(14-22-12-11-17-5-4-6-18(21)13-17)15-26-20-9-7-19(8-10-20)23(2)27(3,24)25/h4-10,13,16,22H,11-12,14-15H2,1-3H3/t16-/m1/s1. The fourth-order valence-electron chi connectivity index (χ4n) is 2.51. The van der Waals surface area contributed by atoms with E-state index in [1.54, 1.807) is 24.3 Å². The first-order valence-corrected chi connectivity index (χ1v) is 11.1. The van der Waals surface area contributed by atoms with Gasteiger partial charge in [0.05, 0.1) is 18.6 Å². The molecule has 0 saturated heterocycles. The van der Waals surface area contributed by atoms with E-state index >= 15 is 0 Å². The van der Waals surface area contributed by atoms with Crippen LogP contribution in [0.4, 0.5) is 5.69 Å². The molecular weight excluding hydrogens is 384 g/mol. The number of hydrogen-bond donors (Lipinski definition) is 1. The van der Waals surface area contributed by atoms with E-state index in [0.717, 1.165) is 30.3 Å². The summed E-state index contributed by atoms with van der Waals surface area (Å²) in [5.41, 5.74) is 1.83. The van der Waals surface area contributed by atoms with Crippen molar-refractivity contribution in [2.75, 3.05) is 37.3 Å². The van der Waals surface area contributed by atoms with E-state index in [9.17, 15) is 8.42 Å². The highest BCUT2D eigenvalue weighted by molar-refractivity contribution is 7.92. The van der Waals surface area contributed by atoms with Crippen molar-refractivity contribution in [2.45, 2.75) is 13.3 Å². The van der Waals surface area contributed by atoms with Crippen molar-refractivity contribution in [1.29, 1.82) is 0 Å². The Balaban J connectivity index is 1.70. The molecule has 1 atom stereocenters. The summed E-state index contributed by atoms with van der Waals surface area (Å²) in [6.45, 7) is 4.45. The zero-order chi connectivity index (χ0) is 19.9. The van der Waals surface area contributed by atoms with E-state index in [4.69, 9.17) is 16.3 Å². The van der Waals surface area contributed by atoms with Crippen molar-refractivity contribution < 1.29 is 13.2 Å². The predicted molar refractivity (Wildman–Crippen MR) is 112 cm³/mol. The minimum atomic E-state index is -3.25. The highest BCUT2D eigenvalue weighted by Gasteiger charge is 2.11. The molecule has 2 aromatic rings. The van der Waals surface area contributed by atoms with Gasteiger partial charge in [0.2, 0.25) is 10.0 Å². The third-order valence-corrected chi connectivity index (χ3v) is 5.65. The quantitative estimate of drug-likeness (QED) is 0.608. The minimum Gasteiger partial charge on any atom is -0.493 e. The average molecular weight is 411 g/mol. The lowest BCUT2D eigenvalue weighted by Crippen LogP contribution is -2.27. The summed E-state index contributed by atoms with van der Waals surface area (Å²) in [5.74, 6) is 1.08. The molecule has 27 heavy (non-hydrogen) atoms. The van der Waals surface area contributed by atoms with Crippen LogP contribution >= 0.6 is 11.6 Å². The maximum absolute atomic E-state index is 11.5. The highest BCUT2D eigenvalue weighted by Crippen LogP contribution is 2.20. The van der Waals surface area contributed by atoms with Crippen LogP contribution < -0.4 is 14.4 Å². The van der Waals surface area contributed by atoms with Crippen molar-refractivity contribution >= 4 is 27.3 Å². The second-order valence-corrected chi connectivity index (χ2v) is 9.17. The SMILES string of the molecule is C[C@H](CNCCc1cccc(Cl)c1)COc1ccc(N(C)S(C)(=O)=O)cc1. The number of ether oxygens (including phenoxy) is 1. The van der Waals surface area contributed by atoms with E-state index in [2.05, 4.69) is 18.3 Å². The van der Waals surface area contributed by atoms with Crippen molar-refractivity contribution in [3.63, 3.8) is 0 Å². The van der Waals surface area contributed by atoms with Gasteiger partial charge in [-0.3, -0.25) is 4.31 Å². The summed E-state index contributed by atoms with van der Waals surface area (Å²) >= 11 is 5.99. The summed E-state index contributed by atoms with van der Waals surface area (Å²) in [7, 11) is -1.72. The van der Waals surface area contributed by atoms with Gasteiger partial charge in [0.25, 0.3) is 0 Å². The number of benzene rings is 2. The first kappa shape index (κ1) is 21.5. The fourth-order valence-corrected chi connectivity index (χ4v) is 3.23. The van der Waals surface area contributed by atoms with Gasteiger partial charge in [-0.25, -0.2) is 8.42 Å². The molecule has 0 aromatic heterocycles. The maximum Gasteiger partial charge on any atom is 0.231 e. The number of nitrogens with zero attached hydrogens (tertiary/aromatic N) is 1. The van der Waals surface area contributed by atoms with Crippen LogP contribution in [0.3, 0.4) is 0 Å². The van der Waals surface area contributed by atoms with E-state index < -0.39 is 10.0 Å². The minimum absolute atomic E-state index is 0.350. The van der Waals surface area contributed by atoms with Crippen LogP contribution in [0.25, 0.3) is 0 Å². The molecule has 0 bridgehead atoms. The molecular formula is C20H27ClN2O3S. The van der Waals surface area contributed by atoms with Crippen molar-refractivity contribution in [2.24, 2.45) is 5.92 Å². The topological polar surface area (TPSA) is 58.6 Å². The summed E-state index contributed by atoms with van der Waals surface area (Å²) in [4.78, 5) is 0. The van der Waals surface area contributed by atoms with Crippen LogP contribution in [0.15, 0.2) is 48.5 Å². The summed E-state index contributed by atoms with van der Waals surface area (Å²) < 4.78 is 30.1. The second-order valence-electron chi connectivity index (χ2n) is 6.72. The van der Waals surface area contributed by atoms with E-state index in [-0.39, 0.29) is 0 Å². The average Bonchev–Trinajstić information content (AvgIpc) is 2.63. The summed E-state index contributed by atoms with van der Waals surface area (Å²) in [5, 5.41) is 4.20. The molecule has 0 unspecified atom stereocenters. The molecule has 148 valence electrons. The Kier molecular flexibility index (Phi) is 7.95. The van der Waals surface area contributed by atoms with Crippen LogP contribution in [0, 0.1) is 5.92 Å². The van der Waals surface area contributed by atoms with E-state index in [0.29, 0.717) is 18.2 Å². The fraction of sp³-hybridized carbons (Fsp3) is 0.400. The lowest BCUT2D eigenvalue weighted by atomic mass is 10.1. The molecule has 1 N–H and O–H groups in total. The Morgan fingerprint density at radius 2 is 1.89 bits per heavy atom. The van der Waals surface area contributed by atoms with Gasteiger partial charge >= 0.3 is 0 Å². The zero-order valence-electron chi connectivity index (χ0n) is 16.0. The summed E-state index contributed by atoms with van der Waals surface area (Å²) in [6, 6.07) is 15.0. The largest absolute Gasteiger partial charge is 0.493 e. The molecule has 5 nitrogen and oxygen atoms in total. The lowest BCUT2D eigenvalue weighted by Gasteiger charge is -2.17. The predicted octanol–water partition coefficient (Wildman–Crippen LogP) is 3.58. The molecule has 0 amide bonds. The van der Waals surface area contributed by atoms with Gasteiger partial charge in [0, 0.05) is 24.5 Å².